The first-order valence-corrected chi connectivity index (χ1v) is 7.75. The highest BCUT2D eigenvalue weighted by Crippen LogP contribution is 2.34. The van der Waals surface area contributed by atoms with Crippen molar-refractivity contribution < 1.29 is 19.8 Å². The average Bonchev–Trinajstić information content (AvgIpc) is 2.97. The highest BCUT2D eigenvalue weighted by molar-refractivity contribution is 5.90. The van der Waals surface area contributed by atoms with Crippen LogP contribution in [0.2, 0.25) is 0 Å². The van der Waals surface area contributed by atoms with Crippen LogP contribution in [-0.4, -0.2) is 50.0 Å². The van der Waals surface area contributed by atoms with Crippen LogP contribution in [0, 0.1) is 0 Å². The summed E-state index contributed by atoms with van der Waals surface area (Å²) in [5.41, 5.74) is 3.67. The predicted octanol–water partition coefficient (Wildman–Crippen LogP) is 0.241. The predicted molar refractivity (Wildman–Crippen MR) is 84.5 cm³/mol. The van der Waals surface area contributed by atoms with Crippen LogP contribution in [-0.2, 0) is 24.2 Å². The smallest absolute Gasteiger partial charge is 0.354 e. The number of carboxylic acid groups (broad SMARTS) is 1. The topological polar surface area (TPSA) is 117 Å². The Morgan fingerprint density at radius 3 is 2.92 bits per heavy atom. The van der Waals surface area contributed by atoms with Crippen LogP contribution in [0.25, 0.3) is 11.3 Å². The quantitative estimate of drug-likeness (QED) is 0.653. The molecule has 1 aliphatic rings. The molecular formula is C16H18N4O4. The van der Waals surface area contributed by atoms with Crippen LogP contribution in [0.15, 0.2) is 18.5 Å². The fourth-order valence-corrected chi connectivity index (χ4v) is 2.98. The molecular weight excluding hydrogens is 312 g/mol. The van der Waals surface area contributed by atoms with E-state index in [0.29, 0.717) is 31.6 Å². The zero-order chi connectivity index (χ0) is 17.1. The van der Waals surface area contributed by atoms with E-state index in [0.717, 1.165) is 23.1 Å². The Labute approximate surface area is 138 Å². The fraction of sp³-hybridized carbons (Fsp3) is 0.375. The van der Waals surface area contributed by atoms with E-state index in [1.807, 2.05) is 6.07 Å². The normalized spacial score (nSPS) is 12.4. The number of nitrogens with one attached hydrogen (secondary N) is 1. The molecule has 0 aromatic carbocycles. The number of carbonyl (C=O) groups is 2. The number of carboxylic acids is 1. The summed E-state index contributed by atoms with van der Waals surface area (Å²) in [6.45, 7) is 0.172. The highest BCUT2D eigenvalue weighted by atomic mass is 16.4. The number of fused-ring (bicyclic) bond motifs is 3. The monoisotopic (exact) mass is 330 g/mol. The number of aromatic carboxylic acids is 1. The molecule has 3 rings (SSSR count). The van der Waals surface area contributed by atoms with Crippen LogP contribution in [0.5, 0.6) is 0 Å². The second-order valence-electron chi connectivity index (χ2n) is 5.60. The zero-order valence-electron chi connectivity index (χ0n) is 13.0. The van der Waals surface area contributed by atoms with E-state index < -0.39 is 18.5 Å². The summed E-state index contributed by atoms with van der Waals surface area (Å²) >= 11 is 0. The van der Waals surface area contributed by atoms with Crippen molar-refractivity contribution in [3.05, 3.63) is 35.3 Å². The summed E-state index contributed by atoms with van der Waals surface area (Å²) in [6, 6.07) is 1.86. The van der Waals surface area contributed by atoms with E-state index in [1.165, 1.54) is 4.68 Å². The van der Waals surface area contributed by atoms with Gasteiger partial charge in [-0.2, -0.15) is 5.10 Å². The largest absolute Gasteiger partial charge is 0.477 e. The van der Waals surface area contributed by atoms with Crippen molar-refractivity contribution in [2.24, 2.45) is 0 Å². The maximum absolute atomic E-state index is 11.7. The van der Waals surface area contributed by atoms with Gasteiger partial charge in [-0.15, -0.1) is 0 Å². The second-order valence-corrected chi connectivity index (χ2v) is 5.60. The molecule has 2 aromatic rings. The molecule has 2 aromatic heterocycles. The van der Waals surface area contributed by atoms with Gasteiger partial charge in [-0.05, 0) is 30.9 Å². The molecule has 0 atom stereocenters. The summed E-state index contributed by atoms with van der Waals surface area (Å²) in [5, 5.41) is 25.3. The molecule has 0 radical (unpaired) electrons. The Morgan fingerprint density at radius 2 is 2.17 bits per heavy atom. The highest BCUT2D eigenvalue weighted by Gasteiger charge is 2.27. The summed E-state index contributed by atoms with van der Waals surface area (Å²) < 4.78 is 1.49. The van der Waals surface area contributed by atoms with E-state index in [1.54, 1.807) is 12.4 Å². The summed E-state index contributed by atoms with van der Waals surface area (Å²) in [4.78, 5) is 26.8. The van der Waals surface area contributed by atoms with Crippen molar-refractivity contribution in [1.82, 2.24) is 20.1 Å². The van der Waals surface area contributed by atoms with Gasteiger partial charge >= 0.3 is 5.97 Å². The van der Waals surface area contributed by atoms with E-state index >= 15 is 0 Å². The lowest BCUT2D eigenvalue weighted by molar-refractivity contribution is -0.123. The molecule has 1 amide bonds. The fourth-order valence-electron chi connectivity index (χ4n) is 2.98. The van der Waals surface area contributed by atoms with E-state index in [9.17, 15) is 14.7 Å². The molecule has 0 aliphatic heterocycles. The molecule has 1 aliphatic carbocycles. The van der Waals surface area contributed by atoms with Crippen molar-refractivity contribution >= 4 is 11.9 Å². The molecule has 8 heteroatoms. The zero-order valence-corrected chi connectivity index (χ0v) is 13.0. The van der Waals surface area contributed by atoms with Gasteiger partial charge in [0.1, 0.15) is 12.3 Å². The SMILES string of the molecule is O=C(CO)NCCCn1nc2c(c1C(=O)O)CCc1cnccc1-2. The number of hydrogen-bond acceptors (Lipinski definition) is 5. The lowest BCUT2D eigenvalue weighted by Crippen LogP contribution is -2.28. The third kappa shape index (κ3) is 3.00. The number of hydrogen-bond donors (Lipinski definition) is 3. The Bertz CT molecular complexity index is 784. The van der Waals surface area contributed by atoms with Crippen molar-refractivity contribution in [2.45, 2.75) is 25.8 Å². The number of amides is 1. The number of aryl methyl sites for hydroxylation is 2. The maximum atomic E-state index is 11.7. The summed E-state index contributed by atoms with van der Waals surface area (Å²) in [6.07, 6.45) is 5.36. The molecule has 0 saturated carbocycles. The standard InChI is InChI=1S/C16H18N4O4/c21-9-13(22)18-5-1-7-20-15(16(23)24)12-3-2-10-8-17-6-4-11(10)14(12)19-20/h4,6,8,21H,1-3,5,7,9H2,(H,18,22)(H,23,24). The maximum Gasteiger partial charge on any atom is 0.354 e. The van der Waals surface area contributed by atoms with Gasteiger partial charge in [0, 0.05) is 36.6 Å². The first-order valence-electron chi connectivity index (χ1n) is 7.75. The second kappa shape index (κ2) is 6.79. The number of aliphatic hydroxyl groups is 1. The lowest BCUT2D eigenvalue weighted by atomic mass is 9.90. The molecule has 0 saturated heterocycles. The lowest BCUT2D eigenvalue weighted by Gasteiger charge is -2.14. The average molecular weight is 330 g/mol. The third-order valence-electron chi connectivity index (χ3n) is 4.07. The van der Waals surface area contributed by atoms with Gasteiger partial charge in [0.15, 0.2) is 0 Å². The van der Waals surface area contributed by atoms with Crippen LogP contribution < -0.4 is 5.32 Å². The minimum absolute atomic E-state index is 0.209. The molecule has 0 fully saturated rings. The van der Waals surface area contributed by atoms with E-state index in [2.05, 4.69) is 15.4 Å². The number of aromatic nitrogens is 3. The number of aliphatic hydroxyl groups excluding tert-OH is 1. The number of rotatable bonds is 6. The molecule has 2 heterocycles. The van der Waals surface area contributed by atoms with Crippen LogP contribution in [0.4, 0.5) is 0 Å². The van der Waals surface area contributed by atoms with Gasteiger partial charge in [-0.1, -0.05) is 0 Å². The van der Waals surface area contributed by atoms with E-state index in [-0.39, 0.29) is 5.69 Å². The van der Waals surface area contributed by atoms with Gasteiger partial charge < -0.3 is 15.5 Å². The number of nitrogens with zero attached hydrogens (tertiary/aromatic N) is 3. The van der Waals surface area contributed by atoms with Crippen molar-refractivity contribution in [1.29, 1.82) is 0 Å². The van der Waals surface area contributed by atoms with Gasteiger partial charge in [-0.25, -0.2) is 4.79 Å². The Morgan fingerprint density at radius 1 is 1.33 bits per heavy atom. The molecule has 0 unspecified atom stereocenters. The van der Waals surface area contributed by atoms with Crippen molar-refractivity contribution in [2.75, 3.05) is 13.2 Å². The molecule has 3 N–H and O–H groups in total. The third-order valence-corrected chi connectivity index (χ3v) is 4.07. The molecule has 8 nitrogen and oxygen atoms in total. The Balaban J connectivity index is 1.85. The van der Waals surface area contributed by atoms with Crippen molar-refractivity contribution in [3.63, 3.8) is 0 Å². The molecule has 24 heavy (non-hydrogen) atoms. The van der Waals surface area contributed by atoms with Crippen molar-refractivity contribution in [3.8, 4) is 11.3 Å². The van der Waals surface area contributed by atoms with Crippen LogP contribution in [0.1, 0.15) is 28.0 Å². The molecule has 126 valence electrons. The van der Waals surface area contributed by atoms with E-state index in [4.69, 9.17) is 5.11 Å². The minimum Gasteiger partial charge on any atom is -0.477 e. The summed E-state index contributed by atoms with van der Waals surface area (Å²) in [5.74, 6) is -1.45. The molecule has 0 bridgehead atoms. The van der Waals surface area contributed by atoms with Gasteiger partial charge in [0.05, 0.1) is 5.69 Å². The number of pyridine rings is 1. The van der Waals surface area contributed by atoms with Crippen LogP contribution in [0.3, 0.4) is 0 Å². The number of carbonyl (C=O) groups excluding carboxylic acids is 1. The van der Waals surface area contributed by atoms with Crippen LogP contribution >= 0.6 is 0 Å². The van der Waals surface area contributed by atoms with Gasteiger partial charge in [-0.3, -0.25) is 14.5 Å². The Hall–Kier alpha value is -2.74. The first kappa shape index (κ1) is 16.1. The first-order chi connectivity index (χ1) is 11.6. The van der Waals surface area contributed by atoms with Gasteiger partial charge in [0.25, 0.3) is 0 Å². The Kier molecular flexibility index (Phi) is 4.57. The van der Waals surface area contributed by atoms with Gasteiger partial charge in [0.2, 0.25) is 5.91 Å². The minimum atomic E-state index is -0.999. The summed E-state index contributed by atoms with van der Waals surface area (Å²) in [7, 11) is 0. The molecule has 0 spiro atoms.